The summed E-state index contributed by atoms with van der Waals surface area (Å²) >= 11 is 0. The number of halogens is 4. The van der Waals surface area contributed by atoms with E-state index in [4.69, 9.17) is 20.4 Å². The van der Waals surface area contributed by atoms with Crippen LogP contribution >= 0.6 is 49.6 Å². The molecule has 1 aromatic carbocycles. The highest BCUT2D eigenvalue weighted by atomic mass is 35.5. The van der Waals surface area contributed by atoms with E-state index in [9.17, 15) is 19.2 Å². The summed E-state index contributed by atoms with van der Waals surface area (Å²) in [5.74, 6) is -6.64. The van der Waals surface area contributed by atoms with Crippen LogP contribution in [0.15, 0.2) is 12.1 Å². The van der Waals surface area contributed by atoms with Crippen LogP contribution in [-0.2, 0) is 0 Å². The highest BCUT2D eigenvalue weighted by molar-refractivity contribution is 6.09. The normalized spacial score (nSPS) is 8.00. The summed E-state index contributed by atoms with van der Waals surface area (Å²) in [7, 11) is 0. The van der Waals surface area contributed by atoms with Crippen molar-refractivity contribution in [2.75, 3.05) is 0 Å². The Kier molecular flexibility index (Phi) is 14.1. The van der Waals surface area contributed by atoms with Crippen LogP contribution in [0.3, 0.4) is 0 Å². The first kappa shape index (κ1) is 28.4. The molecular weight excluding hydrogens is 390 g/mol. The molecule has 0 aliphatic rings. The molecule has 8 nitrogen and oxygen atoms in total. The maximum Gasteiger partial charge on any atom is 0.336 e. The molecule has 0 bridgehead atoms. The molecule has 0 saturated carbocycles. The fourth-order valence-corrected chi connectivity index (χ4v) is 1.31. The molecule has 4 N–H and O–H groups in total. The van der Waals surface area contributed by atoms with E-state index >= 15 is 0 Å². The van der Waals surface area contributed by atoms with Gasteiger partial charge in [0, 0.05) is 0 Å². The van der Waals surface area contributed by atoms with Crippen molar-refractivity contribution in [3.63, 3.8) is 0 Å². The smallest absolute Gasteiger partial charge is 0.336 e. The minimum atomic E-state index is -1.66. The third-order valence-electron chi connectivity index (χ3n) is 2.08. The third-order valence-corrected chi connectivity index (χ3v) is 2.08. The lowest BCUT2D eigenvalue weighted by molar-refractivity contribution is 0.0637. The Bertz CT molecular complexity index is 488. The Morgan fingerprint density at radius 3 is 0.727 bits per heavy atom. The predicted molar refractivity (Wildman–Crippen MR) is 83.3 cm³/mol. The van der Waals surface area contributed by atoms with Crippen molar-refractivity contribution in [3.05, 3.63) is 34.4 Å². The standard InChI is InChI=1S/C10H6O8.4ClH/c11-7(12)3-1-4(8(13)14)6(10(17)18)2-5(3)9(15)16;;;;/h1-2H,(H,11,12)(H,13,14)(H,15,16)(H,17,18);4*1H. The monoisotopic (exact) mass is 398 g/mol. The lowest BCUT2D eigenvalue weighted by atomic mass is 9.98. The number of hydrogen-bond acceptors (Lipinski definition) is 4. The van der Waals surface area contributed by atoms with Crippen LogP contribution in [0.25, 0.3) is 0 Å². The molecule has 126 valence electrons. The molecule has 0 aliphatic heterocycles. The van der Waals surface area contributed by atoms with Gasteiger partial charge in [0.25, 0.3) is 0 Å². The molecule has 22 heavy (non-hydrogen) atoms. The van der Waals surface area contributed by atoms with Crippen LogP contribution in [0.5, 0.6) is 0 Å². The Hall–Kier alpha value is -1.74. The Morgan fingerprint density at radius 1 is 0.500 bits per heavy atom. The van der Waals surface area contributed by atoms with Crippen LogP contribution < -0.4 is 0 Å². The quantitative estimate of drug-likeness (QED) is 0.601. The van der Waals surface area contributed by atoms with Gasteiger partial charge in [0.2, 0.25) is 0 Å². The van der Waals surface area contributed by atoms with Crippen LogP contribution in [0.1, 0.15) is 41.4 Å². The van der Waals surface area contributed by atoms with Crippen molar-refractivity contribution in [1.82, 2.24) is 0 Å². The van der Waals surface area contributed by atoms with Gasteiger partial charge in [-0.3, -0.25) is 0 Å². The molecular formula is C10H10Cl4O8. The van der Waals surface area contributed by atoms with Gasteiger partial charge in [0.1, 0.15) is 0 Å². The Labute approximate surface area is 147 Å². The van der Waals surface area contributed by atoms with E-state index < -0.39 is 46.1 Å². The van der Waals surface area contributed by atoms with Crippen LogP contribution in [-0.4, -0.2) is 44.3 Å². The first-order valence-corrected chi connectivity index (χ1v) is 4.37. The number of carbonyl (C=O) groups is 4. The van der Waals surface area contributed by atoms with Crippen LogP contribution in [0.2, 0.25) is 0 Å². The maximum absolute atomic E-state index is 10.8. The average Bonchev–Trinajstić information content (AvgIpc) is 2.26. The van der Waals surface area contributed by atoms with Gasteiger partial charge in [-0.25, -0.2) is 19.2 Å². The lowest BCUT2D eigenvalue weighted by Crippen LogP contribution is -2.15. The van der Waals surface area contributed by atoms with E-state index in [-0.39, 0.29) is 49.6 Å². The van der Waals surface area contributed by atoms with Gasteiger partial charge in [-0.2, -0.15) is 0 Å². The van der Waals surface area contributed by atoms with E-state index in [1.165, 1.54) is 0 Å². The zero-order valence-corrected chi connectivity index (χ0v) is 13.5. The minimum Gasteiger partial charge on any atom is -0.478 e. The predicted octanol–water partition coefficient (Wildman–Crippen LogP) is 2.17. The van der Waals surface area contributed by atoms with E-state index in [0.29, 0.717) is 12.1 Å². The number of hydrogen-bond donors (Lipinski definition) is 4. The molecule has 0 radical (unpaired) electrons. The summed E-state index contributed by atoms with van der Waals surface area (Å²) in [5, 5.41) is 35.0. The van der Waals surface area contributed by atoms with Gasteiger partial charge in [-0.05, 0) is 12.1 Å². The number of aromatic carboxylic acids is 4. The SMILES string of the molecule is Cl.Cl.Cl.Cl.O=C(O)c1cc(C(=O)O)c(C(=O)O)cc1C(=O)O. The van der Waals surface area contributed by atoms with Crippen LogP contribution in [0, 0.1) is 0 Å². The van der Waals surface area contributed by atoms with Crippen molar-refractivity contribution >= 4 is 73.5 Å². The second-order valence-corrected chi connectivity index (χ2v) is 3.16. The average molecular weight is 400 g/mol. The number of rotatable bonds is 4. The minimum absolute atomic E-state index is 0. The van der Waals surface area contributed by atoms with E-state index in [0.717, 1.165) is 0 Å². The van der Waals surface area contributed by atoms with Crippen molar-refractivity contribution in [2.45, 2.75) is 0 Å². The summed E-state index contributed by atoms with van der Waals surface area (Å²) in [6.07, 6.45) is 0. The maximum atomic E-state index is 10.8. The van der Waals surface area contributed by atoms with E-state index in [2.05, 4.69) is 0 Å². The molecule has 0 amide bonds. The highest BCUT2D eigenvalue weighted by Gasteiger charge is 2.24. The topological polar surface area (TPSA) is 149 Å². The van der Waals surface area contributed by atoms with Crippen LogP contribution in [0.4, 0.5) is 0 Å². The van der Waals surface area contributed by atoms with Crippen molar-refractivity contribution in [2.24, 2.45) is 0 Å². The summed E-state index contributed by atoms with van der Waals surface area (Å²) < 4.78 is 0. The van der Waals surface area contributed by atoms with Gasteiger partial charge in [-0.1, -0.05) is 0 Å². The van der Waals surface area contributed by atoms with Crippen molar-refractivity contribution in [1.29, 1.82) is 0 Å². The molecule has 1 rings (SSSR count). The summed E-state index contributed by atoms with van der Waals surface area (Å²) in [4.78, 5) is 43.1. The number of carboxylic acid groups (broad SMARTS) is 4. The molecule has 0 aliphatic carbocycles. The highest BCUT2D eigenvalue weighted by Crippen LogP contribution is 2.18. The van der Waals surface area contributed by atoms with E-state index in [1.807, 2.05) is 0 Å². The first-order chi connectivity index (χ1) is 8.25. The Balaban J connectivity index is -0.000000405. The largest absolute Gasteiger partial charge is 0.478 e. The molecule has 0 saturated heterocycles. The molecule has 0 unspecified atom stereocenters. The number of carboxylic acids is 4. The molecule has 0 aromatic heterocycles. The van der Waals surface area contributed by atoms with Gasteiger partial charge in [0.05, 0.1) is 22.3 Å². The second kappa shape index (κ2) is 10.9. The molecule has 1 aromatic rings. The molecule has 12 heteroatoms. The first-order valence-electron chi connectivity index (χ1n) is 4.37. The molecule has 0 fully saturated rings. The molecule has 0 heterocycles. The summed E-state index contributed by atoms with van der Waals surface area (Å²) in [6.45, 7) is 0. The fourth-order valence-electron chi connectivity index (χ4n) is 1.31. The molecule has 0 atom stereocenters. The van der Waals surface area contributed by atoms with Crippen molar-refractivity contribution < 1.29 is 39.6 Å². The number of benzene rings is 1. The fraction of sp³-hybridized carbons (Fsp3) is 0. The van der Waals surface area contributed by atoms with Crippen molar-refractivity contribution in [3.8, 4) is 0 Å². The zero-order valence-electron chi connectivity index (χ0n) is 10.2. The Morgan fingerprint density at radius 2 is 0.636 bits per heavy atom. The van der Waals surface area contributed by atoms with Gasteiger partial charge in [0.15, 0.2) is 0 Å². The zero-order chi connectivity index (χ0) is 14.0. The van der Waals surface area contributed by atoms with E-state index in [1.54, 1.807) is 0 Å². The van der Waals surface area contributed by atoms with Gasteiger partial charge < -0.3 is 20.4 Å². The van der Waals surface area contributed by atoms with Gasteiger partial charge in [-0.15, -0.1) is 49.6 Å². The third kappa shape index (κ3) is 5.94. The molecule has 0 spiro atoms. The second-order valence-electron chi connectivity index (χ2n) is 3.16. The lowest BCUT2D eigenvalue weighted by Gasteiger charge is -2.06. The summed E-state index contributed by atoms with van der Waals surface area (Å²) in [5.41, 5.74) is -3.15. The summed E-state index contributed by atoms with van der Waals surface area (Å²) in [6, 6.07) is 1.02. The van der Waals surface area contributed by atoms with Gasteiger partial charge >= 0.3 is 23.9 Å².